The van der Waals surface area contributed by atoms with Gasteiger partial charge in [-0.05, 0) is 54.6 Å². The summed E-state index contributed by atoms with van der Waals surface area (Å²) in [5.41, 5.74) is 1.61. The summed E-state index contributed by atoms with van der Waals surface area (Å²) >= 11 is 0. The van der Waals surface area contributed by atoms with E-state index < -0.39 is 15.8 Å². The number of rotatable bonds is 5. The van der Waals surface area contributed by atoms with Gasteiger partial charge < -0.3 is 4.74 Å². The Morgan fingerprint density at radius 1 is 1.00 bits per heavy atom. The first-order valence-corrected chi connectivity index (χ1v) is 10.0. The summed E-state index contributed by atoms with van der Waals surface area (Å²) in [4.78, 5) is 2.19. The van der Waals surface area contributed by atoms with Crippen molar-refractivity contribution in [2.75, 3.05) is 7.11 Å². The van der Waals surface area contributed by atoms with Crippen molar-refractivity contribution in [2.24, 2.45) is 5.10 Å². The first-order valence-electron chi connectivity index (χ1n) is 8.53. The molecule has 0 unspecified atom stereocenters. The van der Waals surface area contributed by atoms with Crippen LogP contribution < -0.4 is 9.57 Å². The smallest absolute Gasteiger partial charge is 0.276 e. The zero-order valence-electron chi connectivity index (χ0n) is 15.5. The van der Waals surface area contributed by atoms with E-state index in [1.165, 1.54) is 36.5 Å². The van der Waals surface area contributed by atoms with Crippen LogP contribution in [0, 0.1) is 17.7 Å². The molecular weight excluding hydrogens is 391 g/mol. The van der Waals surface area contributed by atoms with Crippen molar-refractivity contribution in [1.82, 2.24) is 4.83 Å². The van der Waals surface area contributed by atoms with Gasteiger partial charge >= 0.3 is 0 Å². The number of hydrogen-bond donors (Lipinski definition) is 1. The average molecular weight is 408 g/mol. The maximum absolute atomic E-state index is 13.7. The molecule has 0 fully saturated rings. The number of halogens is 1. The molecule has 7 heteroatoms. The number of sulfonamides is 1. The van der Waals surface area contributed by atoms with E-state index in [1.807, 2.05) is 0 Å². The number of ether oxygens (including phenoxy) is 1. The van der Waals surface area contributed by atoms with Crippen LogP contribution in [0.4, 0.5) is 4.39 Å². The minimum Gasteiger partial charge on any atom is -0.497 e. The molecule has 0 atom stereocenters. The molecule has 3 rings (SSSR count). The van der Waals surface area contributed by atoms with Crippen LogP contribution in [0.1, 0.15) is 16.7 Å². The number of benzene rings is 3. The molecule has 0 saturated carbocycles. The number of methoxy groups -OCH3 is 1. The Bertz CT molecular complexity index is 1180. The van der Waals surface area contributed by atoms with Crippen molar-refractivity contribution >= 4 is 16.2 Å². The molecule has 0 aliphatic heterocycles. The summed E-state index contributed by atoms with van der Waals surface area (Å²) in [6, 6.07) is 19.0. The van der Waals surface area contributed by atoms with Crippen LogP contribution in [-0.4, -0.2) is 21.7 Å². The molecular formula is C22H17FN2O3S. The van der Waals surface area contributed by atoms with E-state index in [9.17, 15) is 12.8 Å². The molecule has 1 N–H and O–H groups in total. The summed E-state index contributed by atoms with van der Waals surface area (Å²) < 4.78 is 43.2. The Kier molecular flexibility index (Phi) is 6.27. The van der Waals surface area contributed by atoms with Gasteiger partial charge in [-0.2, -0.15) is 13.5 Å². The van der Waals surface area contributed by atoms with Crippen molar-refractivity contribution in [3.05, 3.63) is 95.3 Å². The Morgan fingerprint density at radius 2 is 1.72 bits per heavy atom. The van der Waals surface area contributed by atoms with Gasteiger partial charge in [-0.1, -0.05) is 30.0 Å². The van der Waals surface area contributed by atoms with E-state index in [0.29, 0.717) is 11.1 Å². The lowest BCUT2D eigenvalue weighted by molar-refractivity contribution is 0.415. The van der Waals surface area contributed by atoms with Gasteiger partial charge in [0, 0.05) is 16.7 Å². The topological polar surface area (TPSA) is 67.8 Å². The van der Waals surface area contributed by atoms with E-state index in [-0.39, 0.29) is 4.90 Å². The number of nitrogens with one attached hydrogen (secondary N) is 1. The summed E-state index contributed by atoms with van der Waals surface area (Å²) in [5.74, 6) is 6.16. The lowest BCUT2D eigenvalue weighted by atomic mass is 10.1. The molecule has 0 saturated heterocycles. The quantitative estimate of drug-likeness (QED) is 0.399. The molecule has 5 nitrogen and oxygen atoms in total. The normalized spacial score (nSPS) is 11.0. The molecule has 0 aliphatic rings. The van der Waals surface area contributed by atoms with Crippen LogP contribution in [0.25, 0.3) is 0 Å². The highest BCUT2D eigenvalue weighted by Gasteiger charge is 2.11. The Labute approximate surface area is 168 Å². The molecule has 0 amide bonds. The van der Waals surface area contributed by atoms with Gasteiger partial charge in [0.05, 0.1) is 18.2 Å². The fraction of sp³-hybridized carbons (Fsp3) is 0.0455. The van der Waals surface area contributed by atoms with Gasteiger partial charge in [-0.15, -0.1) is 0 Å². The maximum atomic E-state index is 13.7. The zero-order valence-corrected chi connectivity index (χ0v) is 16.3. The van der Waals surface area contributed by atoms with Crippen LogP contribution in [0.5, 0.6) is 5.75 Å². The van der Waals surface area contributed by atoms with Crippen molar-refractivity contribution < 1.29 is 17.5 Å². The second kappa shape index (κ2) is 9.04. The maximum Gasteiger partial charge on any atom is 0.276 e. The standard InChI is InChI=1S/C22H17FN2O3S/c1-28-21-13-8-17(9-14-21)7-10-18-11-12-20(23)15-19(18)16-24-25-29(26,27)22-5-3-2-4-6-22/h2-6,8-9,11-16,25H,1H3/b24-16+. The molecule has 0 aromatic heterocycles. The summed E-state index contributed by atoms with van der Waals surface area (Å²) in [7, 11) is -2.22. The van der Waals surface area contributed by atoms with Gasteiger partial charge in [0.15, 0.2) is 0 Å². The molecule has 3 aromatic carbocycles. The second-order valence-electron chi connectivity index (χ2n) is 5.88. The molecule has 0 spiro atoms. The Morgan fingerprint density at radius 3 is 2.41 bits per heavy atom. The van der Waals surface area contributed by atoms with Gasteiger partial charge in [0.25, 0.3) is 10.0 Å². The molecule has 0 aliphatic carbocycles. The summed E-state index contributed by atoms with van der Waals surface area (Å²) in [6.07, 6.45) is 1.22. The molecule has 29 heavy (non-hydrogen) atoms. The predicted octanol–water partition coefficient (Wildman–Crippen LogP) is 3.55. The van der Waals surface area contributed by atoms with E-state index in [2.05, 4.69) is 21.8 Å². The lowest BCUT2D eigenvalue weighted by Crippen LogP contribution is -2.18. The largest absolute Gasteiger partial charge is 0.497 e. The van der Waals surface area contributed by atoms with Gasteiger partial charge in [0.2, 0.25) is 0 Å². The first kappa shape index (κ1) is 20.1. The zero-order chi connectivity index (χ0) is 20.7. The third-order valence-corrected chi connectivity index (χ3v) is 5.11. The second-order valence-corrected chi connectivity index (χ2v) is 7.54. The van der Waals surface area contributed by atoms with Crippen LogP contribution in [-0.2, 0) is 10.0 Å². The highest BCUT2D eigenvalue weighted by Crippen LogP contribution is 2.12. The average Bonchev–Trinajstić information content (AvgIpc) is 2.74. The van der Waals surface area contributed by atoms with E-state index in [1.54, 1.807) is 49.6 Å². The van der Waals surface area contributed by atoms with E-state index >= 15 is 0 Å². The predicted molar refractivity (Wildman–Crippen MR) is 110 cm³/mol. The van der Waals surface area contributed by atoms with Gasteiger partial charge in [-0.3, -0.25) is 0 Å². The number of hydrazone groups is 1. The minimum atomic E-state index is -3.80. The third-order valence-electron chi connectivity index (χ3n) is 3.88. The molecule has 146 valence electrons. The summed E-state index contributed by atoms with van der Waals surface area (Å²) in [6.45, 7) is 0. The highest BCUT2D eigenvalue weighted by atomic mass is 32.2. The minimum absolute atomic E-state index is 0.0795. The van der Waals surface area contributed by atoms with Crippen molar-refractivity contribution in [3.63, 3.8) is 0 Å². The van der Waals surface area contributed by atoms with Crippen molar-refractivity contribution in [2.45, 2.75) is 4.90 Å². The van der Waals surface area contributed by atoms with Crippen LogP contribution in [0.3, 0.4) is 0 Å². The van der Waals surface area contributed by atoms with Crippen molar-refractivity contribution in [3.8, 4) is 17.6 Å². The molecule has 0 bridgehead atoms. The third kappa shape index (κ3) is 5.43. The summed E-state index contributed by atoms with van der Waals surface area (Å²) in [5, 5.41) is 3.76. The highest BCUT2D eigenvalue weighted by molar-refractivity contribution is 7.89. The lowest BCUT2D eigenvalue weighted by Gasteiger charge is -2.03. The fourth-order valence-electron chi connectivity index (χ4n) is 2.39. The van der Waals surface area contributed by atoms with Gasteiger partial charge in [-0.25, -0.2) is 9.22 Å². The SMILES string of the molecule is COc1ccc(C#Cc2ccc(F)cc2/C=N/NS(=O)(=O)c2ccccc2)cc1. The van der Waals surface area contributed by atoms with Crippen LogP contribution in [0.2, 0.25) is 0 Å². The van der Waals surface area contributed by atoms with Gasteiger partial charge in [0.1, 0.15) is 11.6 Å². The van der Waals surface area contributed by atoms with E-state index in [4.69, 9.17) is 4.74 Å². The Balaban J connectivity index is 1.82. The molecule has 0 heterocycles. The Hall–Kier alpha value is -3.63. The number of nitrogens with zero attached hydrogens (tertiary/aromatic N) is 1. The number of hydrogen-bond acceptors (Lipinski definition) is 4. The van der Waals surface area contributed by atoms with Crippen molar-refractivity contribution in [1.29, 1.82) is 0 Å². The molecule has 0 radical (unpaired) electrons. The monoisotopic (exact) mass is 408 g/mol. The van der Waals surface area contributed by atoms with Crippen LogP contribution >= 0.6 is 0 Å². The fourth-order valence-corrected chi connectivity index (χ4v) is 3.20. The van der Waals surface area contributed by atoms with E-state index in [0.717, 1.165) is 11.3 Å². The first-order chi connectivity index (χ1) is 14.0. The molecule has 3 aromatic rings. The van der Waals surface area contributed by atoms with Crippen LogP contribution in [0.15, 0.2) is 82.8 Å².